The molecule has 0 aromatic rings. The van der Waals surface area contributed by atoms with Crippen LogP contribution in [-0.2, 0) is 32.7 Å². The van der Waals surface area contributed by atoms with Crippen molar-refractivity contribution >= 4 is 19.8 Å². The number of esters is 2. The molecule has 390 valence electrons. The first-order valence-electron chi connectivity index (χ1n) is 28.1. The van der Waals surface area contributed by atoms with Gasteiger partial charge in [-0.1, -0.05) is 218 Å². The summed E-state index contributed by atoms with van der Waals surface area (Å²) in [5.74, 6) is -0.786. The third kappa shape index (κ3) is 51.9. The van der Waals surface area contributed by atoms with Crippen molar-refractivity contribution in [2.45, 2.75) is 277 Å². The Morgan fingerprint density at radius 1 is 0.455 bits per heavy atom. The van der Waals surface area contributed by atoms with Crippen LogP contribution < -0.4 is 0 Å². The lowest BCUT2D eigenvalue weighted by atomic mass is 10.0. The smallest absolute Gasteiger partial charge is 0.462 e. The number of unbranched alkanes of at least 4 members (excludes halogenated alkanes) is 34. The minimum absolute atomic E-state index is 0.0336. The summed E-state index contributed by atoms with van der Waals surface area (Å²) >= 11 is 0. The summed E-state index contributed by atoms with van der Waals surface area (Å²) in [6, 6.07) is 0. The highest BCUT2D eigenvalue weighted by Crippen LogP contribution is 2.43. The second-order valence-electron chi connectivity index (χ2n) is 20.3. The van der Waals surface area contributed by atoms with E-state index in [0.29, 0.717) is 23.9 Å². The summed E-state index contributed by atoms with van der Waals surface area (Å²) in [4.78, 5) is 35.6. The highest BCUT2D eigenvalue weighted by Gasteiger charge is 2.27. The first-order valence-corrected chi connectivity index (χ1v) is 29.6. The molecule has 0 heterocycles. The number of ether oxygens (including phenoxy) is 2. The minimum atomic E-state index is -4.38. The Morgan fingerprint density at radius 2 is 0.773 bits per heavy atom. The molecule has 0 aliphatic rings. The maximum absolute atomic E-state index is 12.8. The van der Waals surface area contributed by atoms with E-state index in [9.17, 15) is 19.0 Å². The van der Waals surface area contributed by atoms with Gasteiger partial charge in [0.25, 0.3) is 0 Å². The number of likely N-dealkylation sites (N-methyl/N-ethyl adjacent to an activating group) is 1. The largest absolute Gasteiger partial charge is 0.472 e. The summed E-state index contributed by atoms with van der Waals surface area (Å²) in [5.41, 5.74) is 0. The number of nitrogens with zero attached hydrogens (tertiary/aromatic N) is 1. The molecule has 0 radical (unpaired) electrons. The van der Waals surface area contributed by atoms with E-state index in [1.807, 2.05) is 21.1 Å². The van der Waals surface area contributed by atoms with Crippen LogP contribution >= 0.6 is 7.82 Å². The maximum Gasteiger partial charge on any atom is 0.472 e. The van der Waals surface area contributed by atoms with Gasteiger partial charge in [0.15, 0.2) is 6.10 Å². The zero-order valence-corrected chi connectivity index (χ0v) is 45.1. The van der Waals surface area contributed by atoms with Crippen LogP contribution in [0.15, 0.2) is 24.3 Å². The molecule has 0 rings (SSSR count). The quantitative estimate of drug-likeness (QED) is 0.0211. The van der Waals surface area contributed by atoms with E-state index in [0.717, 1.165) is 32.1 Å². The number of carbonyl (C=O) groups excluding carboxylic acids is 2. The Bertz CT molecular complexity index is 1170. The van der Waals surface area contributed by atoms with Crippen LogP contribution in [0.25, 0.3) is 0 Å². The zero-order valence-electron chi connectivity index (χ0n) is 44.2. The third-order valence-corrected chi connectivity index (χ3v) is 13.4. The summed E-state index contributed by atoms with van der Waals surface area (Å²) in [7, 11) is 1.49. The van der Waals surface area contributed by atoms with E-state index in [-0.39, 0.29) is 25.6 Å². The Labute approximate surface area is 409 Å². The Kier molecular flexibility index (Phi) is 47.4. The molecule has 0 bridgehead atoms. The number of rotatable bonds is 52. The SMILES string of the molecule is CCCCCCCC/C=C/CCCCCCCCCCCCCC(=O)OC[C@H](COP(=O)(O)OCC[N+](C)(C)C)OC(=O)CCCCCCCCCCCCC/C=C/CCCCCCCC. The van der Waals surface area contributed by atoms with Gasteiger partial charge >= 0.3 is 19.8 Å². The van der Waals surface area contributed by atoms with E-state index < -0.39 is 26.5 Å². The third-order valence-electron chi connectivity index (χ3n) is 12.5. The van der Waals surface area contributed by atoms with Gasteiger partial charge in [-0.15, -0.1) is 0 Å². The van der Waals surface area contributed by atoms with Crippen molar-refractivity contribution in [1.29, 1.82) is 0 Å². The fourth-order valence-electron chi connectivity index (χ4n) is 8.07. The van der Waals surface area contributed by atoms with Gasteiger partial charge in [-0.05, 0) is 64.2 Å². The number of phosphoric ester groups is 1. The van der Waals surface area contributed by atoms with Crippen molar-refractivity contribution in [2.24, 2.45) is 0 Å². The monoisotopic (exact) mass is 955 g/mol. The van der Waals surface area contributed by atoms with Crippen molar-refractivity contribution in [1.82, 2.24) is 0 Å². The highest BCUT2D eigenvalue weighted by atomic mass is 31.2. The second-order valence-corrected chi connectivity index (χ2v) is 21.8. The molecule has 2 atom stereocenters. The van der Waals surface area contributed by atoms with Crippen LogP contribution in [0, 0.1) is 0 Å². The minimum Gasteiger partial charge on any atom is -0.462 e. The summed E-state index contributed by atoms with van der Waals surface area (Å²) < 4.78 is 34.6. The fourth-order valence-corrected chi connectivity index (χ4v) is 8.81. The lowest BCUT2D eigenvalue weighted by molar-refractivity contribution is -0.870. The molecule has 1 N–H and O–H groups in total. The average molecular weight is 955 g/mol. The molecule has 0 aromatic heterocycles. The number of carbonyl (C=O) groups is 2. The van der Waals surface area contributed by atoms with Gasteiger partial charge in [0.05, 0.1) is 27.7 Å². The van der Waals surface area contributed by atoms with Gasteiger partial charge in [-0.25, -0.2) is 4.57 Å². The van der Waals surface area contributed by atoms with Crippen LogP contribution in [-0.4, -0.2) is 74.9 Å². The molecule has 0 fully saturated rings. The van der Waals surface area contributed by atoms with E-state index >= 15 is 0 Å². The molecule has 0 saturated heterocycles. The first kappa shape index (κ1) is 64.5. The lowest BCUT2D eigenvalue weighted by Crippen LogP contribution is -2.37. The number of quaternary nitrogens is 1. The molecule has 9 nitrogen and oxygen atoms in total. The molecule has 0 spiro atoms. The van der Waals surface area contributed by atoms with E-state index in [1.54, 1.807) is 0 Å². The molecule has 0 saturated carbocycles. The number of allylic oxidation sites excluding steroid dienone is 4. The molecule has 0 aliphatic carbocycles. The molecule has 0 amide bonds. The van der Waals surface area contributed by atoms with Crippen LogP contribution in [0.2, 0.25) is 0 Å². The topological polar surface area (TPSA) is 108 Å². The Morgan fingerprint density at radius 3 is 1.12 bits per heavy atom. The molecule has 0 aliphatic heterocycles. The van der Waals surface area contributed by atoms with Crippen molar-refractivity contribution < 1.29 is 42.1 Å². The van der Waals surface area contributed by atoms with Gasteiger partial charge in [-0.2, -0.15) is 0 Å². The van der Waals surface area contributed by atoms with Gasteiger partial charge in [0, 0.05) is 12.8 Å². The van der Waals surface area contributed by atoms with Gasteiger partial charge in [0.1, 0.15) is 19.8 Å². The number of hydrogen-bond acceptors (Lipinski definition) is 7. The van der Waals surface area contributed by atoms with Crippen molar-refractivity contribution in [3.63, 3.8) is 0 Å². The molecule has 66 heavy (non-hydrogen) atoms. The highest BCUT2D eigenvalue weighted by molar-refractivity contribution is 7.47. The lowest BCUT2D eigenvalue weighted by Gasteiger charge is -2.24. The standard InChI is InChI=1S/C56H108NO8P/c1-6-8-10-12-14-16-18-20-22-24-26-28-30-32-34-36-38-40-42-44-46-48-55(58)62-52-54(53-64-66(60,61)63-51-50-57(3,4)5)65-56(59)49-47-45-43-41-39-37-35-33-31-29-27-25-23-21-19-17-15-13-11-9-7-2/h20-23,54H,6-19,24-53H2,1-5H3/p+1/b22-20+,23-21+/t54-/m1/s1. The van der Waals surface area contributed by atoms with Gasteiger partial charge in [0.2, 0.25) is 0 Å². The predicted octanol–water partition coefficient (Wildman–Crippen LogP) is 17.0. The normalized spacial score (nSPS) is 13.5. The zero-order chi connectivity index (χ0) is 48.5. The van der Waals surface area contributed by atoms with E-state index in [1.165, 1.54) is 205 Å². The summed E-state index contributed by atoms with van der Waals surface area (Å²) in [6.45, 7) is 4.47. The van der Waals surface area contributed by atoms with Crippen molar-refractivity contribution in [3.8, 4) is 0 Å². The van der Waals surface area contributed by atoms with Crippen LogP contribution in [0.3, 0.4) is 0 Å². The number of phosphoric acid groups is 1. The number of hydrogen-bond donors (Lipinski definition) is 1. The Hall–Kier alpha value is -1.51. The van der Waals surface area contributed by atoms with Crippen LogP contribution in [0.4, 0.5) is 0 Å². The molecular formula is C56H109NO8P+. The second kappa shape index (κ2) is 48.5. The Balaban J connectivity index is 4.17. The molecule has 1 unspecified atom stereocenters. The molecular weight excluding hydrogens is 846 g/mol. The van der Waals surface area contributed by atoms with Gasteiger partial charge < -0.3 is 18.9 Å². The predicted molar refractivity (Wildman–Crippen MR) is 280 cm³/mol. The molecule has 10 heteroatoms. The van der Waals surface area contributed by atoms with Crippen molar-refractivity contribution in [3.05, 3.63) is 24.3 Å². The fraction of sp³-hybridized carbons (Fsp3) is 0.893. The van der Waals surface area contributed by atoms with Crippen LogP contribution in [0.5, 0.6) is 0 Å². The molecule has 0 aromatic carbocycles. The first-order chi connectivity index (χ1) is 32.0. The van der Waals surface area contributed by atoms with Crippen LogP contribution in [0.1, 0.15) is 271 Å². The summed E-state index contributed by atoms with van der Waals surface area (Å²) in [5, 5.41) is 0. The van der Waals surface area contributed by atoms with E-state index in [2.05, 4.69) is 38.2 Å². The van der Waals surface area contributed by atoms with E-state index in [4.69, 9.17) is 18.5 Å². The maximum atomic E-state index is 12.8. The van der Waals surface area contributed by atoms with Gasteiger partial charge in [-0.3, -0.25) is 18.6 Å². The summed E-state index contributed by atoms with van der Waals surface area (Å²) in [6.07, 6.45) is 56.6. The van der Waals surface area contributed by atoms with Crippen molar-refractivity contribution in [2.75, 3.05) is 47.5 Å². The average Bonchev–Trinajstić information content (AvgIpc) is 3.27.